The molecular weight excluding hydrogens is 558 g/mol. The predicted molar refractivity (Wildman–Crippen MR) is 141 cm³/mol. The van der Waals surface area contributed by atoms with Crippen LogP contribution >= 0.6 is 0 Å². The molecule has 0 unspecified atom stereocenters. The highest BCUT2D eigenvalue weighted by atomic mass is 16.7. The van der Waals surface area contributed by atoms with Crippen LogP contribution in [0, 0.1) is 10.1 Å². The Hall–Kier alpha value is -4.98. The summed E-state index contributed by atoms with van der Waals surface area (Å²) in [5.41, 5.74) is 1.19. The topological polar surface area (TPSA) is 176 Å². The molecule has 14 heteroatoms. The molecule has 42 heavy (non-hydrogen) atoms. The number of esters is 4. The van der Waals surface area contributed by atoms with Crippen molar-refractivity contribution in [3.63, 3.8) is 0 Å². The zero-order valence-corrected chi connectivity index (χ0v) is 23.1. The smallest absolute Gasteiger partial charge is 0.339 e. The molecule has 1 saturated heterocycles. The molecule has 1 aliphatic rings. The van der Waals surface area contributed by atoms with Crippen molar-refractivity contribution >= 4 is 30.0 Å². The Bertz CT molecular complexity index is 1330. The van der Waals surface area contributed by atoms with E-state index in [1.807, 2.05) is 30.3 Å². The van der Waals surface area contributed by atoms with E-state index in [0.29, 0.717) is 5.56 Å². The Balaban J connectivity index is 2.05. The summed E-state index contributed by atoms with van der Waals surface area (Å²) < 4.78 is 38.6. The van der Waals surface area contributed by atoms with Crippen LogP contribution in [0.25, 0.3) is 6.08 Å². The van der Waals surface area contributed by atoms with Crippen molar-refractivity contribution in [3.05, 3.63) is 76.0 Å². The fourth-order valence-corrected chi connectivity index (χ4v) is 4.02. The van der Waals surface area contributed by atoms with Gasteiger partial charge in [-0.1, -0.05) is 36.4 Å². The maximum absolute atomic E-state index is 12.7. The van der Waals surface area contributed by atoms with Crippen molar-refractivity contribution in [1.82, 2.24) is 0 Å². The predicted octanol–water partition coefficient (Wildman–Crippen LogP) is 2.58. The van der Waals surface area contributed by atoms with Gasteiger partial charge in [-0.2, -0.15) is 0 Å². The number of methoxy groups -OCH3 is 1. The van der Waals surface area contributed by atoms with Gasteiger partial charge in [0.25, 0.3) is 0 Å². The summed E-state index contributed by atoms with van der Waals surface area (Å²) in [6, 6.07) is 13.5. The lowest BCUT2D eigenvalue weighted by molar-refractivity contribution is -0.400. The summed E-state index contributed by atoms with van der Waals surface area (Å²) in [5, 5.41) is 10.8. The Morgan fingerprint density at radius 2 is 1.50 bits per heavy atom. The van der Waals surface area contributed by atoms with Crippen LogP contribution < -0.4 is 9.47 Å². The van der Waals surface area contributed by atoms with E-state index in [1.165, 1.54) is 24.3 Å². The van der Waals surface area contributed by atoms with E-state index < -0.39 is 59.5 Å². The SMILES string of the molecule is COC(=O)[C@H]1O[C@@H](Oc2ccc(/C=C/[N+](=O)[O-])cc2OCc2ccccc2)[C@H](OC(C)=O)[C@@H](OC(C)=O)[C@@H]1OC(C)=O. The third-order valence-electron chi connectivity index (χ3n) is 5.67. The molecule has 1 heterocycles. The first-order chi connectivity index (χ1) is 20.0. The molecule has 0 aliphatic carbocycles. The molecule has 2 aromatic carbocycles. The van der Waals surface area contributed by atoms with Gasteiger partial charge < -0.3 is 33.2 Å². The van der Waals surface area contributed by atoms with Crippen LogP contribution in [-0.2, 0) is 49.5 Å². The fourth-order valence-electron chi connectivity index (χ4n) is 4.02. The molecular formula is C28H29NO13. The highest BCUT2D eigenvalue weighted by molar-refractivity contribution is 5.77. The second kappa shape index (κ2) is 14.6. The van der Waals surface area contributed by atoms with E-state index in [-0.39, 0.29) is 18.1 Å². The number of nitrogens with zero attached hydrogens (tertiary/aromatic N) is 1. The highest BCUT2D eigenvalue weighted by Gasteiger charge is 2.56. The largest absolute Gasteiger partial charge is 0.485 e. The lowest BCUT2D eigenvalue weighted by Crippen LogP contribution is -2.64. The second-order valence-electron chi connectivity index (χ2n) is 8.87. The summed E-state index contributed by atoms with van der Waals surface area (Å²) in [6.45, 7) is 3.29. The Morgan fingerprint density at radius 1 is 0.881 bits per heavy atom. The zero-order chi connectivity index (χ0) is 30.8. The number of carbonyl (C=O) groups is 4. The quantitative estimate of drug-likeness (QED) is 0.162. The van der Waals surface area contributed by atoms with Crippen LogP contribution in [0.4, 0.5) is 0 Å². The number of benzene rings is 2. The van der Waals surface area contributed by atoms with Gasteiger partial charge in [0.1, 0.15) is 6.61 Å². The van der Waals surface area contributed by atoms with Gasteiger partial charge in [-0.25, -0.2) is 4.79 Å². The minimum absolute atomic E-state index is 0.0162. The van der Waals surface area contributed by atoms with Gasteiger partial charge >= 0.3 is 23.9 Å². The minimum Gasteiger partial charge on any atom is -0.485 e. The van der Waals surface area contributed by atoms with Crippen molar-refractivity contribution in [3.8, 4) is 11.5 Å². The normalized spacial score (nSPS) is 21.6. The van der Waals surface area contributed by atoms with Gasteiger partial charge in [0.15, 0.2) is 29.8 Å². The van der Waals surface area contributed by atoms with Gasteiger partial charge in [0.2, 0.25) is 18.6 Å². The van der Waals surface area contributed by atoms with Gasteiger partial charge in [-0.05, 0) is 23.3 Å². The first-order valence-corrected chi connectivity index (χ1v) is 12.5. The first-order valence-electron chi connectivity index (χ1n) is 12.5. The van der Waals surface area contributed by atoms with E-state index in [9.17, 15) is 29.3 Å². The van der Waals surface area contributed by atoms with Crippen LogP contribution in [0.15, 0.2) is 54.7 Å². The first kappa shape index (κ1) is 31.5. The third-order valence-corrected chi connectivity index (χ3v) is 5.67. The second-order valence-corrected chi connectivity index (χ2v) is 8.87. The van der Waals surface area contributed by atoms with Crippen molar-refractivity contribution in [2.75, 3.05) is 7.11 Å². The van der Waals surface area contributed by atoms with Crippen molar-refractivity contribution in [1.29, 1.82) is 0 Å². The molecule has 1 fully saturated rings. The minimum atomic E-state index is -1.66. The van der Waals surface area contributed by atoms with Crippen molar-refractivity contribution < 1.29 is 57.3 Å². The fraction of sp³-hybridized carbons (Fsp3) is 0.357. The number of carbonyl (C=O) groups excluding carboxylic acids is 4. The van der Waals surface area contributed by atoms with E-state index in [0.717, 1.165) is 39.6 Å². The third kappa shape index (κ3) is 8.76. The molecule has 3 rings (SSSR count). The average molecular weight is 588 g/mol. The monoisotopic (exact) mass is 587 g/mol. The molecule has 5 atom stereocenters. The Labute approximate surface area is 240 Å². The zero-order valence-electron chi connectivity index (χ0n) is 23.1. The maximum atomic E-state index is 12.7. The molecule has 0 spiro atoms. The summed E-state index contributed by atoms with van der Waals surface area (Å²) in [4.78, 5) is 58.9. The Morgan fingerprint density at radius 3 is 2.10 bits per heavy atom. The summed E-state index contributed by atoms with van der Waals surface area (Å²) in [7, 11) is 1.07. The molecule has 0 aromatic heterocycles. The standard InChI is InChI=1S/C28H29NO13/c1-16(30)38-23-24(39-17(2)31)26(40-18(3)32)28(42-25(23)27(33)36-4)41-21-11-10-19(12-13-29(34)35)14-22(21)37-15-20-8-6-5-7-9-20/h5-14,23-26,28H,15H2,1-4H3/b13-12+/t23-,24-,25-,26+,28+/m0/s1. The van der Waals surface area contributed by atoms with Crippen LogP contribution in [-0.4, -0.2) is 66.6 Å². The lowest BCUT2D eigenvalue weighted by Gasteiger charge is -2.43. The molecule has 14 nitrogen and oxygen atoms in total. The average Bonchev–Trinajstić information content (AvgIpc) is 2.93. The molecule has 224 valence electrons. The molecule has 0 radical (unpaired) electrons. The summed E-state index contributed by atoms with van der Waals surface area (Å²) in [5.74, 6) is -3.38. The van der Waals surface area contributed by atoms with E-state index in [2.05, 4.69) is 0 Å². The van der Waals surface area contributed by atoms with E-state index in [4.69, 9.17) is 33.2 Å². The van der Waals surface area contributed by atoms with Crippen LogP contribution in [0.2, 0.25) is 0 Å². The van der Waals surface area contributed by atoms with Crippen LogP contribution in [0.5, 0.6) is 11.5 Å². The molecule has 2 aromatic rings. The van der Waals surface area contributed by atoms with Gasteiger partial charge in [0, 0.05) is 26.8 Å². The van der Waals surface area contributed by atoms with E-state index >= 15 is 0 Å². The lowest BCUT2D eigenvalue weighted by atomic mass is 9.97. The Kier molecular flexibility index (Phi) is 11.0. The summed E-state index contributed by atoms with van der Waals surface area (Å²) in [6.07, 6.45) is -5.93. The number of nitro groups is 1. The highest BCUT2D eigenvalue weighted by Crippen LogP contribution is 2.35. The van der Waals surface area contributed by atoms with Crippen molar-refractivity contribution in [2.45, 2.75) is 58.1 Å². The molecule has 1 aliphatic heterocycles. The van der Waals surface area contributed by atoms with E-state index in [1.54, 1.807) is 0 Å². The maximum Gasteiger partial charge on any atom is 0.339 e. The number of ether oxygens (including phenoxy) is 7. The number of rotatable bonds is 11. The van der Waals surface area contributed by atoms with Gasteiger partial charge in [0.05, 0.1) is 12.0 Å². The van der Waals surface area contributed by atoms with Gasteiger partial charge in [-0.3, -0.25) is 24.5 Å². The van der Waals surface area contributed by atoms with Crippen LogP contribution in [0.1, 0.15) is 31.9 Å². The molecule has 0 N–H and O–H groups in total. The molecule has 0 amide bonds. The number of hydrogen-bond acceptors (Lipinski definition) is 13. The molecule has 0 saturated carbocycles. The van der Waals surface area contributed by atoms with Gasteiger partial charge in [-0.15, -0.1) is 0 Å². The number of hydrogen-bond donors (Lipinski definition) is 0. The molecule has 0 bridgehead atoms. The van der Waals surface area contributed by atoms with Crippen LogP contribution in [0.3, 0.4) is 0 Å². The van der Waals surface area contributed by atoms with Crippen molar-refractivity contribution in [2.24, 2.45) is 0 Å². The summed E-state index contributed by atoms with van der Waals surface area (Å²) >= 11 is 0.